The first-order chi connectivity index (χ1) is 12.9. The van der Waals surface area contributed by atoms with Crippen molar-refractivity contribution < 1.29 is 15.0 Å². The Hall–Kier alpha value is -1.23. The normalized spacial score (nSPS) is 30.7. The van der Waals surface area contributed by atoms with Crippen LogP contribution in [0.1, 0.15) is 69.8 Å². The fourth-order valence-corrected chi connectivity index (χ4v) is 5.90. The zero-order valence-corrected chi connectivity index (χ0v) is 16.3. The van der Waals surface area contributed by atoms with Crippen LogP contribution in [0.15, 0.2) is 30.3 Å². The minimum Gasteiger partial charge on any atom is -0.389 e. The highest BCUT2D eigenvalue weighted by atomic mass is 16.3. The molecule has 4 nitrogen and oxygen atoms in total. The van der Waals surface area contributed by atoms with Crippen LogP contribution in [0.3, 0.4) is 0 Å². The summed E-state index contributed by atoms with van der Waals surface area (Å²) in [6, 6.07) is 10.4. The lowest BCUT2D eigenvalue weighted by molar-refractivity contribution is -0.168. The number of rotatable bonds is 5. The lowest BCUT2D eigenvalue weighted by Crippen LogP contribution is -2.59. The van der Waals surface area contributed by atoms with Crippen LogP contribution in [0.5, 0.6) is 0 Å². The molecule has 3 N–H and O–H groups in total. The van der Waals surface area contributed by atoms with Gasteiger partial charge < -0.3 is 20.3 Å². The van der Waals surface area contributed by atoms with E-state index in [4.69, 9.17) is 0 Å². The summed E-state index contributed by atoms with van der Waals surface area (Å²) < 4.78 is 0. The van der Waals surface area contributed by atoms with Crippen molar-refractivity contribution in [3.63, 3.8) is 0 Å². The maximum absolute atomic E-state index is 10.3. The van der Waals surface area contributed by atoms with E-state index in [1.165, 1.54) is 44.1 Å². The van der Waals surface area contributed by atoms with Gasteiger partial charge in [-0.1, -0.05) is 43.2 Å². The Bertz CT molecular complexity index is 647. The van der Waals surface area contributed by atoms with Crippen LogP contribution in [-0.4, -0.2) is 34.2 Å². The lowest BCUT2D eigenvalue weighted by Gasteiger charge is -2.58. The predicted octanol–water partition coefficient (Wildman–Crippen LogP) is 3.35. The van der Waals surface area contributed by atoms with Crippen LogP contribution in [0.2, 0.25) is 0 Å². The SMILES string of the molecule is O=CC1(O)CC2(CCC2)C1.OC1(CNCc2ccccc2)CC2(CCC2)C1. The molecule has 0 bridgehead atoms. The van der Waals surface area contributed by atoms with E-state index in [-0.39, 0.29) is 0 Å². The lowest BCUT2D eigenvalue weighted by atomic mass is 9.50. The van der Waals surface area contributed by atoms with Crippen molar-refractivity contribution in [3.05, 3.63) is 35.9 Å². The fourth-order valence-electron chi connectivity index (χ4n) is 5.90. The number of aldehydes is 1. The second-order valence-electron chi connectivity index (χ2n) is 9.95. The third-order valence-electron chi connectivity index (χ3n) is 7.44. The van der Waals surface area contributed by atoms with Gasteiger partial charge in [-0.05, 0) is 67.8 Å². The van der Waals surface area contributed by atoms with Crippen LogP contribution in [0.4, 0.5) is 0 Å². The van der Waals surface area contributed by atoms with Crippen molar-refractivity contribution >= 4 is 6.29 Å². The molecule has 4 aliphatic rings. The van der Waals surface area contributed by atoms with Gasteiger partial charge in [-0.15, -0.1) is 0 Å². The highest BCUT2D eigenvalue weighted by Crippen LogP contribution is 2.60. The minimum atomic E-state index is -0.930. The van der Waals surface area contributed by atoms with E-state index in [9.17, 15) is 15.0 Å². The average Bonchev–Trinajstić information content (AvgIpc) is 2.55. The quantitative estimate of drug-likeness (QED) is 0.694. The number of aliphatic hydroxyl groups is 2. The molecule has 0 aliphatic heterocycles. The molecule has 27 heavy (non-hydrogen) atoms. The summed E-state index contributed by atoms with van der Waals surface area (Å²) in [6.45, 7) is 1.60. The van der Waals surface area contributed by atoms with Crippen molar-refractivity contribution in [1.29, 1.82) is 0 Å². The fraction of sp³-hybridized carbons (Fsp3) is 0.696. The van der Waals surface area contributed by atoms with Gasteiger partial charge in [0.15, 0.2) is 6.29 Å². The van der Waals surface area contributed by atoms with E-state index in [0.717, 1.165) is 38.8 Å². The first kappa shape index (κ1) is 19.1. The smallest absolute Gasteiger partial charge is 0.151 e. The molecule has 2 spiro atoms. The van der Waals surface area contributed by atoms with Crippen LogP contribution in [0.25, 0.3) is 0 Å². The number of carbonyl (C=O) groups is 1. The standard InChI is InChI=1S/C15H21NO.C8H12O2/c17-15(10-14(11-15)7-4-8-14)12-16-9-13-5-2-1-3-6-13;9-6-8(10)4-7(5-8)2-1-3-7/h1-3,5-6,16-17H,4,7-12H2;6,10H,1-5H2. The van der Waals surface area contributed by atoms with E-state index in [0.29, 0.717) is 17.1 Å². The maximum Gasteiger partial charge on any atom is 0.151 e. The van der Waals surface area contributed by atoms with Crippen LogP contribution >= 0.6 is 0 Å². The summed E-state index contributed by atoms with van der Waals surface area (Å²) in [4.78, 5) is 10.3. The Kier molecular flexibility index (Phi) is 4.94. The Morgan fingerprint density at radius 3 is 1.93 bits per heavy atom. The van der Waals surface area contributed by atoms with Gasteiger partial charge in [0.05, 0.1) is 5.60 Å². The van der Waals surface area contributed by atoms with Crippen molar-refractivity contribution in [1.82, 2.24) is 5.32 Å². The van der Waals surface area contributed by atoms with Gasteiger partial charge in [0.25, 0.3) is 0 Å². The molecule has 0 amide bonds. The largest absolute Gasteiger partial charge is 0.389 e. The first-order valence-electron chi connectivity index (χ1n) is 10.5. The molecule has 1 aromatic carbocycles. The summed E-state index contributed by atoms with van der Waals surface area (Å²) in [5.74, 6) is 0. The third-order valence-corrected chi connectivity index (χ3v) is 7.44. The van der Waals surface area contributed by atoms with Crippen molar-refractivity contribution in [2.75, 3.05) is 6.54 Å². The number of carbonyl (C=O) groups excluding carboxylic acids is 1. The van der Waals surface area contributed by atoms with Crippen molar-refractivity contribution in [2.45, 2.75) is 82.0 Å². The summed E-state index contributed by atoms with van der Waals surface area (Å²) in [7, 11) is 0. The van der Waals surface area contributed by atoms with Gasteiger partial charge in [-0.2, -0.15) is 0 Å². The second kappa shape index (κ2) is 6.98. The Morgan fingerprint density at radius 1 is 0.889 bits per heavy atom. The maximum atomic E-state index is 10.3. The van der Waals surface area contributed by atoms with E-state index >= 15 is 0 Å². The zero-order valence-electron chi connectivity index (χ0n) is 16.3. The van der Waals surface area contributed by atoms with Gasteiger partial charge in [0.2, 0.25) is 0 Å². The molecule has 4 aliphatic carbocycles. The van der Waals surface area contributed by atoms with Gasteiger partial charge in [-0.25, -0.2) is 0 Å². The van der Waals surface area contributed by atoms with Crippen LogP contribution < -0.4 is 5.32 Å². The molecule has 148 valence electrons. The molecule has 0 atom stereocenters. The summed E-state index contributed by atoms with van der Waals surface area (Å²) >= 11 is 0. The van der Waals surface area contributed by atoms with E-state index < -0.39 is 11.2 Å². The van der Waals surface area contributed by atoms with Crippen molar-refractivity contribution in [2.24, 2.45) is 10.8 Å². The van der Waals surface area contributed by atoms with E-state index in [1.807, 2.05) is 6.07 Å². The monoisotopic (exact) mass is 371 g/mol. The third kappa shape index (κ3) is 3.98. The number of nitrogens with one attached hydrogen (secondary N) is 1. The number of hydrogen-bond acceptors (Lipinski definition) is 4. The van der Waals surface area contributed by atoms with Gasteiger partial charge >= 0.3 is 0 Å². The highest BCUT2D eigenvalue weighted by Gasteiger charge is 2.56. The molecule has 0 aromatic heterocycles. The van der Waals surface area contributed by atoms with Gasteiger partial charge in [0, 0.05) is 13.1 Å². The Labute approximate surface area is 162 Å². The molecular formula is C23H33NO3. The average molecular weight is 372 g/mol. The molecule has 4 saturated carbocycles. The summed E-state index contributed by atoms with van der Waals surface area (Å²) in [5.41, 5.74) is 0.878. The van der Waals surface area contributed by atoms with E-state index in [1.54, 1.807) is 0 Å². The van der Waals surface area contributed by atoms with Gasteiger partial charge in [-0.3, -0.25) is 0 Å². The first-order valence-corrected chi connectivity index (χ1v) is 10.5. The second-order valence-corrected chi connectivity index (χ2v) is 9.95. The zero-order chi connectivity index (χ0) is 19.0. The number of hydrogen-bond donors (Lipinski definition) is 3. The molecule has 4 heteroatoms. The molecule has 4 fully saturated rings. The Balaban J connectivity index is 0.000000153. The molecule has 0 heterocycles. The molecule has 0 saturated heterocycles. The van der Waals surface area contributed by atoms with Crippen LogP contribution in [-0.2, 0) is 11.3 Å². The van der Waals surface area contributed by atoms with E-state index in [2.05, 4.69) is 29.6 Å². The predicted molar refractivity (Wildman–Crippen MR) is 105 cm³/mol. The topological polar surface area (TPSA) is 69.6 Å². The van der Waals surface area contributed by atoms with Gasteiger partial charge in [0.1, 0.15) is 5.60 Å². The summed E-state index contributed by atoms with van der Waals surface area (Å²) in [5, 5.41) is 23.1. The molecule has 0 radical (unpaired) electrons. The Morgan fingerprint density at radius 2 is 1.44 bits per heavy atom. The highest BCUT2D eigenvalue weighted by molar-refractivity contribution is 5.64. The molecule has 0 unspecified atom stereocenters. The molecular weight excluding hydrogens is 338 g/mol. The number of benzene rings is 1. The minimum absolute atomic E-state index is 0.398. The summed E-state index contributed by atoms with van der Waals surface area (Å²) in [6.07, 6.45) is 12.0. The van der Waals surface area contributed by atoms with Crippen molar-refractivity contribution in [3.8, 4) is 0 Å². The van der Waals surface area contributed by atoms with Crippen LogP contribution in [0, 0.1) is 10.8 Å². The molecule has 5 rings (SSSR count). The molecule has 1 aromatic rings.